The van der Waals surface area contributed by atoms with E-state index >= 15 is 0 Å². The summed E-state index contributed by atoms with van der Waals surface area (Å²) in [5, 5.41) is 0. The van der Waals surface area contributed by atoms with Gasteiger partial charge in [-0.1, -0.05) is 28.1 Å². The van der Waals surface area contributed by atoms with Crippen LogP contribution in [-0.2, 0) is 11.2 Å². The molecule has 0 aliphatic rings. The molecule has 0 aliphatic heterocycles. The predicted octanol–water partition coefficient (Wildman–Crippen LogP) is 3.56. The van der Waals surface area contributed by atoms with Crippen molar-refractivity contribution in [3.63, 3.8) is 0 Å². The van der Waals surface area contributed by atoms with Crippen LogP contribution in [0.15, 0.2) is 24.3 Å². The van der Waals surface area contributed by atoms with Gasteiger partial charge in [0.1, 0.15) is 5.82 Å². The second kappa shape index (κ2) is 6.96. The topological polar surface area (TPSA) is 9.23 Å². The van der Waals surface area contributed by atoms with Crippen molar-refractivity contribution in [2.45, 2.75) is 24.6 Å². The third-order valence-electron chi connectivity index (χ3n) is 2.13. The van der Waals surface area contributed by atoms with Crippen LogP contribution in [0.1, 0.15) is 18.9 Å². The van der Waals surface area contributed by atoms with Crippen molar-refractivity contribution in [2.24, 2.45) is 0 Å². The van der Waals surface area contributed by atoms with Gasteiger partial charge >= 0.3 is 0 Å². The summed E-state index contributed by atoms with van der Waals surface area (Å²) in [6.07, 6.45) is 1.79. The summed E-state index contributed by atoms with van der Waals surface area (Å²) in [5.74, 6) is -0.169. The van der Waals surface area contributed by atoms with Crippen LogP contribution in [0.4, 0.5) is 4.39 Å². The smallest absolute Gasteiger partial charge is 0.123 e. The number of alkyl halides is 1. The molecule has 0 aliphatic carbocycles. The Morgan fingerprint density at radius 3 is 2.93 bits per heavy atom. The summed E-state index contributed by atoms with van der Waals surface area (Å²) in [5.41, 5.74) is 1.02. The van der Waals surface area contributed by atoms with E-state index < -0.39 is 0 Å². The van der Waals surface area contributed by atoms with Crippen LogP contribution in [0.2, 0.25) is 0 Å². The van der Waals surface area contributed by atoms with E-state index in [1.165, 1.54) is 6.07 Å². The Labute approximate surface area is 98.8 Å². The van der Waals surface area contributed by atoms with Crippen molar-refractivity contribution in [1.82, 2.24) is 0 Å². The van der Waals surface area contributed by atoms with Crippen LogP contribution in [0, 0.1) is 5.82 Å². The first-order valence-electron chi connectivity index (χ1n) is 5.18. The zero-order valence-electron chi connectivity index (χ0n) is 8.88. The van der Waals surface area contributed by atoms with Crippen molar-refractivity contribution < 1.29 is 9.13 Å². The highest BCUT2D eigenvalue weighted by Gasteiger charge is 2.05. The van der Waals surface area contributed by atoms with Crippen LogP contribution in [0.3, 0.4) is 0 Å². The zero-order valence-corrected chi connectivity index (χ0v) is 10.5. The summed E-state index contributed by atoms with van der Waals surface area (Å²) in [6.45, 7) is 3.48. The highest BCUT2D eigenvalue weighted by atomic mass is 79.9. The Morgan fingerprint density at radius 1 is 1.47 bits per heavy atom. The van der Waals surface area contributed by atoms with Gasteiger partial charge in [-0.3, -0.25) is 0 Å². The fourth-order valence-corrected chi connectivity index (χ4v) is 1.94. The molecule has 0 aromatic heterocycles. The molecule has 1 nitrogen and oxygen atoms in total. The molecule has 1 aromatic carbocycles. The molecule has 1 aromatic rings. The fourth-order valence-electron chi connectivity index (χ4n) is 1.38. The molecule has 1 unspecified atom stereocenters. The lowest BCUT2D eigenvalue weighted by atomic mass is 10.1. The SMILES string of the molecule is CCOCCC(Br)Cc1cccc(F)c1. The minimum Gasteiger partial charge on any atom is -0.382 e. The molecule has 0 bridgehead atoms. The van der Waals surface area contributed by atoms with Crippen molar-refractivity contribution >= 4 is 15.9 Å². The van der Waals surface area contributed by atoms with Gasteiger partial charge in [0.2, 0.25) is 0 Å². The van der Waals surface area contributed by atoms with E-state index in [0.717, 1.165) is 31.6 Å². The average Bonchev–Trinajstić information content (AvgIpc) is 2.18. The van der Waals surface area contributed by atoms with Gasteiger partial charge in [0.25, 0.3) is 0 Å². The van der Waals surface area contributed by atoms with Gasteiger partial charge in [-0.2, -0.15) is 0 Å². The van der Waals surface area contributed by atoms with Gasteiger partial charge in [0.15, 0.2) is 0 Å². The van der Waals surface area contributed by atoms with Crippen LogP contribution in [0.5, 0.6) is 0 Å². The standard InChI is InChI=1S/C12H16BrFO/c1-2-15-7-6-11(13)8-10-4-3-5-12(14)9-10/h3-5,9,11H,2,6-8H2,1H3. The highest BCUT2D eigenvalue weighted by molar-refractivity contribution is 9.09. The normalized spacial score (nSPS) is 12.7. The first-order valence-corrected chi connectivity index (χ1v) is 6.10. The van der Waals surface area contributed by atoms with E-state index in [-0.39, 0.29) is 5.82 Å². The maximum atomic E-state index is 12.9. The minimum atomic E-state index is -0.169. The van der Waals surface area contributed by atoms with Crippen LogP contribution < -0.4 is 0 Å². The highest BCUT2D eigenvalue weighted by Crippen LogP contribution is 2.14. The number of hydrogen-bond donors (Lipinski definition) is 0. The van der Waals surface area contributed by atoms with Gasteiger partial charge in [-0.25, -0.2) is 4.39 Å². The van der Waals surface area contributed by atoms with E-state index in [2.05, 4.69) is 15.9 Å². The number of halogens is 2. The molecule has 1 atom stereocenters. The Kier molecular flexibility index (Phi) is 5.88. The van der Waals surface area contributed by atoms with Gasteiger partial charge in [-0.15, -0.1) is 0 Å². The molecule has 1 rings (SSSR count). The van der Waals surface area contributed by atoms with Gasteiger partial charge < -0.3 is 4.74 Å². The van der Waals surface area contributed by atoms with Crippen molar-refractivity contribution in [2.75, 3.05) is 13.2 Å². The second-order valence-corrected chi connectivity index (χ2v) is 4.71. The Hall–Kier alpha value is -0.410. The van der Waals surface area contributed by atoms with E-state index in [1.54, 1.807) is 12.1 Å². The lowest BCUT2D eigenvalue weighted by molar-refractivity contribution is 0.145. The Morgan fingerprint density at radius 2 is 2.27 bits per heavy atom. The van der Waals surface area contributed by atoms with E-state index in [4.69, 9.17) is 4.74 Å². The van der Waals surface area contributed by atoms with Crippen LogP contribution >= 0.6 is 15.9 Å². The largest absolute Gasteiger partial charge is 0.382 e. The molecule has 0 N–H and O–H groups in total. The molecule has 0 spiro atoms. The molecule has 84 valence electrons. The first-order chi connectivity index (χ1) is 7.22. The average molecular weight is 275 g/mol. The molecule has 0 amide bonds. The summed E-state index contributed by atoms with van der Waals surface area (Å²) < 4.78 is 18.1. The van der Waals surface area contributed by atoms with Crippen LogP contribution in [0.25, 0.3) is 0 Å². The Bertz CT molecular complexity index is 291. The maximum absolute atomic E-state index is 12.9. The van der Waals surface area contributed by atoms with E-state index in [0.29, 0.717) is 4.83 Å². The molecule has 3 heteroatoms. The second-order valence-electron chi connectivity index (χ2n) is 3.42. The lowest BCUT2D eigenvalue weighted by Gasteiger charge is -2.09. The van der Waals surface area contributed by atoms with Gasteiger partial charge in [0.05, 0.1) is 0 Å². The summed E-state index contributed by atoms with van der Waals surface area (Å²) >= 11 is 3.57. The zero-order chi connectivity index (χ0) is 11.1. The predicted molar refractivity (Wildman–Crippen MR) is 63.9 cm³/mol. The summed E-state index contributed by atoms with van der Waals surface area (Å²) in [7, 11) is 0. The molecular weight excluding hydrogens is 259 g/mol. The molecule has 0 radical (unpaired) electrons. The minimum absolute atomic E-state index is 0.169. The van der Waals surface area contributed by atoms with E-state index in [9.17, 15) is 4.39 Å². The quantitative estimate of drug-likeness (QED) is 0.569. The van der Waals surface area contributed by atoms with Gasteiger partial charge in [-0.05, 0) is 37.5 Å². The number of benzene rings is 1. The number of ether oxygens (including phenoxy) is 1. The molecule has 0 saturated carbocycles. The van der Waals surface area contributed by atoms with E-state index in [1.807, 2.05) is 13.0 Å². The van der Waals surface area contributed by atoms with Crippen molar-refractivity contribution in [3.8, 4) is 0 Å². The fraction of sp³-hybridized carbons (Fsp3) is 0.500. The van der Waals surface area contributed by atoms with Crippen molar-refractivity contribution in [3.05, 3.63) is 35.6 Å². The molecule has 0 fully saturated rings. The first kappa shape index (κ1) is 12.7. The summed E-state index contributed by atoms with van der Waals surface area (Å²) in [6, 6.07) is 6.73. The van der Waals surface area contributed by atoms with Crippen molar-refractivity contribution in [1.29, 1.82) is 0 Å². The third-order valence-corrected chi connectivity index (χ3v) is 2.91. The monoisotopic (exact) mass is 274 g/mol. The number of hydrogen-bond acceptors (Lipinski definition) is 1. The molecule has 0 saturated heterocycles. The number of rotatable bonds is 6. The lowest BCUT2D eigenvalue weighted by Crippen LogP contribution is -2.07. The molecular formula is C12H16BrFO. The van der Waals surface area contributed by atoms with Crippen LogP contribution in [-0.4, -0.2) is 18.0 Å². The molecule has 15 heavy (non-hydrogen) atoms. The van der Waals surface area contributed by atoms with Gasteiger partial charge in [0, 0.05) is 18.0 Å². The Balaban J connectivity index is 2.34. The maximum Gasteiger partial charge on any atom is 0.123 e. The molecule has 0 heterocycles. The summed E-state index contributed by atoms with van der Waals surface area (Å²) in [4.78, 5) is 0.353. The third kappa shape index (κ3) is 5.28.